The van der Waals surface area contributed by atoms with Crippen molar-refractivity contribution in [3.63, 3.8) is 0 Å². The number of methoxy groups -OCH3 is 1. The molecule has 25 heavy (non-hydrogen) atoms. The van der Waals surface area contributed by atoms with Crippen molar-refractivity contribution >= 4 is 21.8 Å². The van der Waals surface area contributed by atoms with Crippen LogP contribution in [0.2, 0.25) is 0 Å². The van der Waals surface area contributed by atoms with Crippen LogP contribution in [0.5, 0.6) is 11.6 Å². The van der Waals surface area contributed by atoms with E-state index < -0.39 is 0 Å². The highest BCUT2D eigenvalue weighted by Gasteiger charge is 2.29. The van der Waals surface area contributed by atoms with E-state index in [1.165, 1.54) is 0 Å². The van der Waals surface area contributed by atoms with Gasteiger partial charge >= 0.3 is 0 Å². The third-order valence-corrected chi connectivity index (χ3v) is 4.68. The van der Waals surface area contributed by atoms with Crippen molar-refractivity contribution in [1.82, 2.24) is 9.88 Å². The number of nitrogens with zero attached hydrogens (tertiary/aromatic N) is 3. The van der Waals surface area contributed by atoms with Crippen LogP contribution in [0.25, 0.3) is 0 Å². The summed E-state index contributed by atoms with van der Waals surface area (Å²) >= 11 is 3.42. The van der Waals surface area contributed by atoms with Gasteiger partial charge in [0.25, 0.3) is 5.91 Å². The molecular weight excluding hydrogens is 386 g/mol. The Bertz CT molecular complexity index is 835. The Balaban J connectivity index is 1.68. The Morgan fingerprint density at radius 1 is 1.40 bits per heavy atom. The Morgan fingerprint density at radius 2 is 2.24 bits per heavy atom. The molecule has 0 radical (unpaired) electrons. The minimum Gasteiger partial charge on any atom is -0.497 e. The number of amides is 1. The molecule has 128 valence electrons. The van der Waals surface area contributed by atoms with E-state index in [0.717, 1.165) is 4.47 Å². The summed E-state index contributed by atoms with van der Waals surface area (Å²) in [6.45, 7) is 1.08. The second kappa shape index (κ2) is 7.53. The van der Waals surface area contributed by atoms with Crippen LogP contribution in [-0.4, -0.2) is 42.1 Å². The van der Waals surface area contributed by atoms with Crippen molar-refractivity contribution in [2.24, 2.45) is 0 Å². The molecule has 1 aromatic heterocycles. The molecule has 0 spiro atoms. The molecular formula is C18H16BrN3O3. The van der Waals surface area contributed by atoms with Crippen LogP contribution >= 0.6 is 15.9 Å². The van der Waals surface area contributed by atoms with Crippen LogP contribution in [-0.2, 0) is 0 Å². The number of hydrogen-bond acceptors (Lipinski definition) is 5. The Hall–Kier alpha value is -2.59. The Morgan fingerprint density at radius 3 is 3.00 bits per heavy atom. The predicted molar refractivity (Wildman–Crippen MR) is 94.6 cm³/mol. The number of hydrogen-bond donors (Lipinski definition) is 0. The van der Waals surface area contributed by atoms with Crippen LogP contribution in [0, 0.1) is 11.3 Å². The Kier molecular flexibility index (Phi) is 5.19. The predicted octanol–water partition coefficient (Wildman–Crippen LogP) is 3.02. The van der Waals surface area contributed by atoms with Gasteiger partial charge in [-0.05, 0) is 40.2 Å². The molecule has 6 nitrogen and oxygen atoms in total. The number of aromatic nitrogens is 1. The monoisotopic (exact) mass is 401 g/mol. The van der Waals surface area contributed by atoms with Crippen molar-refractivity contribution in [3.8, 4) is 17.7 Å². The molecule has 1 saturated heterocycles. The van der Waals surface area contributed by atoms with Crippen molar-refractivity contribution in [2.75, 3.05) is 20.2 Å². The fourth-order valence-corrected chi connectivity index (χ4v) is 3.10. The number of rotatable bonds is 4. The standard InChI is InChI=1S/C18H16BrN3O3/c1-24-13-2-3-16(19)15(9-13)18(23)22-7-5-14(11-22)25-17-8-12(10-20)4-6-21-17/h2-4,6,8-9,14H,5,7,11H2,1H3. The summed E-state index contributed by atoms with van der Waals surface area (Å²) in [7, 11) is 1.57. The highest BCUT2D eigenvalue weighted by atomic mass is 79.9. The van der Waals surface area contributed by atoms with E-state index in [-0.39, 0.29) is 12.0 Å². The lowest BCUT2D eigenvalue weighted by atomic mass is 10.2. The largest absolute Gasteiger partial charge is 0.497 e. The SMILES string of the molecule is COc1ccc(Br)c(C(=O)N2CCC(Oc3cc(C#N)ccn3)C2)c1. The van der Waals surface area contributed by atoms with Crippen LogP contribution in [0.1, 0.15) is 22.3 Å². The molecule has 2 aromatic rings. The number of likely N-dealkylation sites (tertiary alicyclic amines) is 1. The lowest BCUT2D eigenvalue weighted by molar-refractivity contribution is 0.0770. The molecule has 2 heterocycles. The molecule has 1 aliphatic rings. The van der Waals surface area contributed by atoms with Gasteiger partial charge in [0.05, 0.1) is 30.9 Å². The summed E-state index contributed by atoms with van der Waals surface area (Å²) in [4.78, 5) is 18.6. The average Bonchev–Trinajstić information content (AvgIpc) is 3.10. The average molecular weight is 402 g/mol. The minimum atomic E-state index is -0.144. The van der Waals surface area contributed by atoms with Gasteiger partial charge in [-0.25, -0.2) is 4.98 Å². The van der Waals surface area contributed by atoms with E-state index in [9.17, 15) is 4.79 Å². The van der Waals surface area contributed by atoms with E-state index in [1.54, 1.807) is 48.5 Å². The number of nitriles is 1. The van der Waals surface area contributed by atoms with Gasteiger partial charge in [-0.2, -0.15) is 5.26 Å². The van der Waals surface area contributed by atoms with E-state index >= 15 is 0 Å². The van der Waals surface area contributed by atoms with Crippen LogP contribution < -0.4 is 9.47 Å². The van der Waals surface area contributed by atoms with Gasteiger partial charge in [0, 0.05) is 29.7 Å². The number of carbonyl (C=O) groups excluding carboxylic acids is 1. The molecule has 1 fully saturated rings. The first-order valence-electron chi connectivity index (χ1n) is 7.76. The maximum atomic E-state index is 12.8. The molecule has 1 aromatic carbocycles. The lowest BCUT2D eigenvalue weighted by Gasteiger charge is -2.18. The summed E-state index contributed by atoms with van der Waals surface area (Å²) < 4.78 is 11.7. The molecule has 7 heteroatoms. The zero-order valence-electron chi connectivity index (χ0n) is 13.6. The number of carbonyl (C=O) groups is 1. The summed E-state index contributed by atoms with van der Waals surface area (Å²) in [5.41, 5.74) is 1.06. The maximum absolute atomic E-state index is 12.8. The summed E-state index contributed by atoms with van der Waals surface area (Å²) in [5, 5.41) is 8.93. The minimum absolute atomic E-state index is 0.0735. The number of ether oxygens (including phenoxy) is 2. The van der Waals surface area contributed by atoms with E-state index in [4.69, 9.17) is 14.7 Å². The molecule has 1 amide bonds. The molecule has 1 atom stereocenters. The number of benzene rings is 1. The van der Waals surface area contributed by atoms with Gasteiger partial charge in [-0.15, -0.1) is 0 Å². The van der Waals surface area contributed by atoms with Crippen LogP contribution in [0.15, 0.2) is 41.0 Å². The van der Waals surface area contributed by atoms with Gasteiger partial charge in [-0.3, -0.25) is 4.79 Å². The molecule has 3 rings (SSSR count). The van der Waals surface area contributed by atoms with E-state index in [2.05, 4.69) is 27.0 Å². The van der Waals surface area contributed by atoms with Crippen molar-refractivity contribution < 1.29 is 14.3 Å². The fourth-order valence-electron chi connectivity index (χ4n) is 2.69. The summed E-state index contributed by atoms with van der Waals surface area (Å²) in [6, 6.07) is 10.6. The number of pyridine rings is 1. The van der Waals surface area contributed by atoms with Crippen molar-refractivity contribution in [2.45, 2.75) is 12.5 Å². The maximum Gasteiger partial charge on any atom is 0.255 e. The fraction of sp³-hybridized carbons (Fsp3) is 0.278. The first-order chi connectivity index (χ1) is 12.1. The highest BCUT2D eigenvalue weighted by molar-refractivity contribution is 9.10. The topological polar surface area (TPSA) is 75.4 Å². The van der Waals surface area contributed by atoms with Crippen molar-refractivity contribution in [1.29, 1.82) is 5.26 Å². The molecule has 1 aliphatic heterocycles. The van der Waals surface area contributed by atoms with Crippen LogP contribution in [0.4, 0.5) is 0 Å². The van der Waals surface area contributed by atoms with E-state index in [1.807, 2.05) is 0 Å². The molecule has 0 aliphatic carbocycles. The third-order valence-electron chi connectivity index (χ3n) is 3.99. The zero-order valence-corrected chi connectivity index (χ0v) is 15.2. The third kappa shape index (κ3) is 3.91. The van der Waals surface area contributed by atoms with Gasteiger partial charge < -0.3 is 14.4 Å². The van der Waals surface area contributed by atoms with Crippen molar-refractivity contribution in [3.05, 3.63) is 52.1 Å². The molecule has 0 N–H and O–H groups in total. The van der Waals surface area contributed by atoms with Gasteiger partial charge in [0.15, 0.2) is 0 Å². The second-order valence-electron chi connectivity index (χ2n) is 5.62. The number of halogens is 1. The molecule has 1 unspecified atom stereocenters. The van der Waals surface area contributed by atoms with Gasteiger partial charge in [-0.1, -0.05) is 0 Å². The lowest BCUT2D eigenvalue weighted by Crippen LogP contribution is -2.31. The Labute approximate surface area is 154 Å². The first-order valence-corrected chi connectivity index (χ1v) is 8.55. The quantitative estimate of drug-likeness (QED) is 0.786. The van der Waals surface area contributed by atoms with Gasteiger partial charge in [0.1, 0.15) is 11.9 Å². The second-order valence-corrected chi connectivity index (χ2v) is 6.47. The molecule has 0 saturated carbocycles. The van der Waals surface area contributed by atoms with Crippen LogP contribution in [0.3, 0.4) is 0 Å². The summed E-state index contributed by atoms with van der Waals surface area (Å²) in [5.74, 6) is 0.965. The highest BCUT2D eigenvalue weighted by Crippen LogP contribution is 2.26. The normalized spacial score (nSPS) is 16.4. The smallest absolute Gasteiger partial charge is 0.255 e. The summed E-state index contributed by atoms with van der Waals surface area (Å²) in [6.07, 6.45) is 2.11. The van der Waals surface area contributed by atoms with E-state index in [0.29, 0.717) is 42.3 Å². The zero-order chi connectivity index (χ0) is 17.8. The van der Waals surface area contributed by atoms with Gasteiger partial charge in [0.2, 0.25) is 5.88 Å². The first kappa shape index (κ1) is 17.2. The molecule has 0 bridgehead atoms.